The first-order valence-electron chi connectivity index (χ1n) is 10.3. The molecule has 1 atom stereocenters. The summed E-state index contributed by atoms with van der Waals surface area (Å²) in [7, 11) is -0.992. The Morgan fingerprint density at radius 1 is 1.04 bits per heavy atom. The summed E-state index contributed by atoms with van der Waals surface area (Å²) in [5.74, 6) is 0.677. The summed E-state index contributed by atoms with van der Waals surface area (Å²) >= 11 is 0. The maximum Gasteiger partial charge on any atom is 0.314 e. The molecule has 0 aliphatic heterocycles. The number of hydrogen-bond donors (Lipinski definition) is 3. The summed E-state index contributed by atoms with van der Waals surface area (Å²) in [6, 6.07) is -0.0466. The lowest BCUT2D eigenvalue weighted by molar-refractivity contribution is 0.240. The number of imidazole rings is 1. The van der Waals surface area contributed by atoms with Crippen LogP contribution < -0.4 is 10.6 Å². The predicted octanol–water partition coefficient (Wildman–Crippen LogP) is 4.29. The van der Waals surface area contributed by atoms with Gasteiger partial charge in [0.25, 0.3) is 0 Å². The quantitative estimate of drug-likeness (QED) is 0.288. The van der Waals surface area contributed by atoms with E-state index in [2.05, 4.69) is 39.7 Å². The molecule has 0 saturated carbocycles. The maximum absolute atomic E-state index is 11.9. The molecule has 0 saturated heterocycles. The lowest BCUT2D eigenvalue weighted by atomic mass is 10.1. The Balaban J connectivity index is 1.84. The van der Waals surface area contributed by atoms with Gasteiger partial charge in [-0.3, -0.25) is 4.21 Å². The van der Waals surface area contributed by atoms with Crippen molar-refractivity contribution in [2.24, 2.45) is 0 Å². The summed E-state index contributed by atoms with van der Waals surface area (Å²) in [4.78, 5) is 18.4. The SMILES string of the molecule is CCCCCNC(=O)NCCCC/C=C\CCCCCS(=O)c1ncc[nH]1. The van der Waals surface area contributed by atoms with Gasteiger partial charge in [0.1, 0.15) is 0 Å². The fraction of sp³-hybridized carbons (Fsp3) is 0.700. The number of carbonyl (C=O) groups excluding carboxylic acids is 1. The molecule has 1 aromatic heterocycles. The number of nitrogens with zero attached hydrogens (tertiary/aromatic N) is 1. The van der Waals surface area contributed by atoms with Crippen molar-refractivity contribution in [3.05, 3.63) is 24.5 Å². The first kappa shape index (κ1) is 23.4. The maximum atomic E-state index is 11.9. The number of rotatable bonds is 16. The van der Waals surface area contributed by atoms with Crippen LogP contribution in [0.2, 0.25) is 0 Å². The molecule has 2 amide bonds. The second-order valence-corrected chi connectivity index (χ2v) is 8.14. The molecule has 1 heterocycles. The number of carbonyl (C=O) groups is 1. The number of urea groups is 1. The summed E-state index contributed by atoms with van der Waals surface area (Å²) in [5, 5.41) is 6.36. The van der Waals surface area contributed by atoms with Gasteiger partial charge in [0.2, 0.25) is 0 Å². The van der Waals surface area contributed by atoms with Crippen molar-refractivity contribution in [1.29, 1.82) is 0 Å². The third-order valence-electron chi connectivity index (χ3n) is 4.20. The number of H-pyrrole nitrogens is 1. The molecule has 0 bridgehead atoms. The molecule has 1 unspecified atom stereocenters. The summed E-state index contributed by atoms with van der Waals surface area (Å²) in [6.07, 6.45) is 18.6. The van der Waals surface area contributed by atoms with E-state index in [1.807, 2.05) is 0 Å². The molecular weight excluding hydrogens is 360 g/mol. The normalized spacial score (nSPS) is 12.3. The van der Waals surface area contributed by atoms with E-state index in [4.69, 9.17) is 0 Å². The zero-order chi connectivity index (χ0) is 19.6. The van der Waals surface area contributed by atoms with Crippen LogP contribution in [-0.4, -0.2) is 39.1 Å². The number of unbranched alkanes of at least 4 members (excludes halogenated alkanes) is 7. The third kappa shape index (κ3) is 13.2. The summed E-state index contributed by atoms with van der Waals surface area (Å²) in [5.41, 5.74) is 0. The van der Waals surface area contributed by atoms with Gasteiger partial charge in [-0.15, -0.1) is 0 Å². The van der Waals surface area contributed by atoms with Crippen molar-refractivity contribution in [3.63, 3.8) is 0 Å². The summed E-state index contributed by atoms with van der Waals surface area (Å²) < 4.78 is 11.9. The van der Waals surface area contributed by atoms with E-state index < -0.39 is 10.8 Å². The van der Waals surface area contributed by atoms with E-state index in [1.54, 1.807) is 12.4 Å². The first-order chi connectivity index (χ1) is 13.2. The van der Waals surface area contributed by atoms with Crippen molar-refractivity contribution in [2.45, 2.75) is 76.3 Å². The molecule has 0 aliphatic rings. The largest absolute Gasteiger partial charge is 0.338 e. The van der Waals surface area contributed by atoms with Gasteiger partial charge in [0.05, 0.1) is 10.8 Å². The fourth-order valence-corrected chi connectivity index (χ4v) is 3.65. The molecule has 0 aromatic carbocycles. The molecule has 0 fully saturated rings. The van der Waals surface area contributed by atoms with Crippen LogP contribution in [0.4, 0.5) is 4.79 Å². The smallest absolute Gasteiger partial charge is 0.314 e. The van der Waals surface area contributed by atoms with Crippen molar-refractivity contribution in [3.8, 4) is 0 Å². The van der Waals surface area contributed by atoms with Gasteiger partial charge in [0.15, 0.2) is 5.16 Å². The Kier molecular flexibility index (Phi) is 14.3. The standard InChI is InChI=1S/C20H36N4O2S/c1-2-3-11-14-21-19(25)22-15-12-9-7-5-4-6-8-10-13-18-27(26)20-23-16-17-24-20/h4-5,16-17H,2-3,6-15,18H2,1H3,(H,23,24)(H2,21,22,25)/b5-4-. The highest BCUT2D eigenvalue weighted by Gasteiger charge is 2.04. The number of aromatic amines is 1. The number of amides is 2. The van der Waals surface area contributed by atoms with Gasteiger partial charge in [-0.05, 0) is 44.9 Å². The van der Waals surface area contributed by atoms with Gasteiger partial charge in [-0.25, -0.2) is 9.78 Å². The van der Waals surface area contributed by atoms with Crippen LogP contribution in [0.25, 0.3) is 0 Å². The zero-order valence-corrected chi connectivity index (χ0v) is 17.5. The molecule has 0 spiro atoms. The molecule has 0 radical (unpaired) electrons. The number of allylic oxidation sites excluding steroid dienone is 2. The van der Waals surface area contributed by atoms with Crippen LogP contribution in [0.5, 0.6) is 0 Å². The van der Waals surface area contributed by atoms with Gasteiger partial charge in [0, 0.05) is 31.2 Å². The summed E-state index contributed by atoms with van der Waals surface area (Å²) in [6.45, 7) is 3.66. The van der Waals surface area contributed by atoms with E-state index in [-0.39, 0.29) is 6.03 Å². The molecule has 3 N–H and O–H groups in total. The third-order valence-corrected chi connectivity index (χ3v) is 5.52. The highest BCUT2D eigenvalue weighted by atomic mass is 32.2. The molecule has 6 nitrogen and oxygen atoms in total. The first-order valence-corrected chi connectivity index (χ1v) is 11.6. The molecule has 1 aromatic rings. The van der Waals surface area contributed by atoms with E-state index in [9.17, 15) is 9.00 Å². The Morgan fingerprint density at radius 2 is 1.70 bits per heavy atom. The highest BCUT2D eigenvalue weighted by Crippen LogP contribution is 2.06. The molecule has 7 heteroatoms. The number of aromatic nitrogens is 2. The van der Waals surface area contributed by atoms with Crippen LogP contribution in [0, 0.1) is 0 Å². The van der Waals surface area contributed by atoms with Crippen molar-refractivity contribution in [2.75, 3.05) is 18.8 Å². The Bertz CT molecular complexity index is 532. The van der Waals surface area contributed by atoms with Crippen LogP contribution in [-0.2, 0) is 10.8 Å². The Hall–Kier alpha value is -1.63. The Labute approximate surface area is 166 Å². The lowest BCUT2D eigenvalue weighted by Crippen LogP contribution is -2.36. The minimum atomic E-state index is -0.992. The Morgan fingerprint density at radius 3 is 2.33 bits per heavy atom. The van der Waals surface area contributed by atoms with Gasteiger partial charge < -0.3 is 15.6 Å². The van der Waals surface area contributed by atoms with Crippen LogP contribution in [0.1, 0.15) is 71.1 Å². The lowest BCUT2D eigenvalue weighted by Gasteiger charge is -2.06. The minimum Gasteiger partial charge on any atom is -0.338 e. The predicted molar refractivity (Wildman–Crippen MR) is 112 cm³/mol. The molecule has 27 heavy (non-hydrogen) atoms. The van der Waals surface area contributed by atoms with Crippen LogP contribution in [0.15, 0.2) is 29.7 Å². The minimum absolute atomic E-state index is 0.0466. The van der Waals surface area contributed by atoms with E-state index >= 15 is 0 Å². The van der Waals surface area contributed by atoms with Crippen molar-refractivity contribution >= 4 is 16.8 Å². The molecule has 1 rings (SSSR count). The van der Waals surface area contributed by atoms with Gasteiger partial charge in [-0.2, -0.15) is 0 Å². The average molecular weight is 397 g/mol. The number of nitrogens with one attached hydrogen (secondary N) is 3. The topological polar surface area (TPSA) is 86.9 Å². The van der Waals surface area contributed by atoms with Crippen molar-refractivity contribution in [1.82, 2.24) is 20.6 Å². The fourth-order valence-electron chi connectivity index (χ4n) is 2.61. The second kappa shape index (κ2) is 16.5. The average Bonchev–Trinajstić information content (AvgIpc) is 3.21. The molecule has 154 valence electrons. The van der Waals surface area contributed by atoms with Crippen molar-refractivity contribution < 1.29 is 9.00 Å². The zero-order valence-electron chi connectivity index (χ0n) is 16.7. The van der Waals surface area contributed by atoms with Crippen LogP contribution in [0.3, 0.4) is 0 Å². The number of hydrogen-bond acceptors (Lipinski definition) is 3. The highest BCUT2D eigenvalue weighted by molar-refractivity contribution is 7.84. The molecular formula is C20H36N4O2S. The van der Waals surface area contributed by atoms with Crippen LogP contribution >= 0.6 is 0 Å². The van der Waals surface area contributed by atoms with E-state index in [0.717, 1.165) is 70.9 Å². The van der Waals surface area contributed by atoms with Gasteiger partial charge >= 0.3 is 6.03 Å². The van der Waals surface area contributed by atoms with E-state index in [1.165, 1.54) is 6.42 Å². The monoisotopic (exact) mass is 396 g/mol. The van der Waals surface area contributed by atoms with Gasteiger partial charge in [-0.1, -0.05) is 38.3 Å². The second-order valence-electron chi connectivity index (χ2n) is 6.65. The molecule has 0 aliphatic carbocycles. The van der Waals surface area contributed by atoms with E-state index in [0.29, 0.717) is 10.9 Å².